The fourth-order valence-electron chi connectivity index (χ4n) is 2.49. The molecule has 0 amide bonds. The Morgan fingerprint density at radius 1 is 1.19 bits per heavy atom. The van der Waals surface area contributed by atoms with Crippen molar-refractivity contribution >= 4 is 38.7 Å². The van der Waals surface area contributed by atoms with Crippen molar-refractivity contribution in [2.75, 3.05) is 0 Å². The number of benzene rings is 1. The van der Waals surface area contributed by atoms with Gasteiger partial charge in [0.15, 0.2) is 5.65 Å². The Balaban J connectivity index is 2.39. The number of aryl methyl sites for hydroxylation is 2. The van der Waals surface area contributed by atoms with Gasteiger partial charge in [0.1, 0.15) is 11.3 Å². The third-order valence-electron chi connectivity index (χ3n) is 3.53. The number of aromatic nitrogens is 3. The molecule has 108 valence electrons. The number of rotatable bonds is 2. The minimum Gasteiger partial charge on any atom is -0.279 e. The van der Waals surface area contributed by atoms with E-state index in [9.17, 15) is 0 Å². The lowest BCUT2D eigenvalue weighted by Gasteiger charge is -2.13. The Hall–Kier alpha value is -1.39. The number of pyridine rings is 1. The van der Waals surface area contributed by atoms with E-state index in [1.807, 2.05) is 32.2 Å². The van der Waals surface area contributed by atoms with Crippen molar-refractivity contribution < 1.29 is 0 Å². The van der Waals surface area contributed by atoms with Crippen molar-refractivity contribution in [2.45, 2.75) is 26.1 Å². The van der Waals surface area contributed by atoms with Crippen LogP contribution in [0.15, 0.2) is 34.9 Å². The lowest BCUT2D eigenvalue weighted by atomic mass is 10.2. The second kappa shape index (κ2) is 5.43. The highest BCUT2D eigenvalue weighted by molar-refractivity contribution is 9.10. The topological polar surface area (TPSA) is 30.7 Å². The quantitative estimate of drug-likeness (QED) is 0.592. The van der Waals surface area contributed by atoms with E-state index in [1.54, 1.807) is 0 Å². The van der Waals surface area contributed by atoms with Crippen molar-refractivity contribution in [3.8, 4) is 5.69 Å². The molecule has 1 atom stereocenters. The molecule has 2 heterocycles. The van der Waals surface area contributed by atoms with Crippen molar-refractivity contribution in [1.29, 1.82) is 0 Å². The predicted octanol–water partition coefficient (Wildman–Crippen LogP) is 5.10. The van der Waals surface area contributed by atoms with Crippen LogP contribution in [0, 0.1) is 13.8 Å². The van der Waals surface area contributed by atoms with Crippen LogP contribution in [0.2, 0.25) is 0 Å². The van der Waals surface area contributed by atoms with Crippen LogP contribution in [0.4, 0.5) is 0 Å². The van der Waals surface area contributed by atoms with Crippen molar-refractivity contribution in [3.63, 3.8) is 0 Å². The molecule has 1 unspecified atom stereocenters. The molecule has 0 N–H and O–H groups in total. The summed E-state index contributed by atoms with van der Waals surface area (Å²) in [4.78, 5) is 9.22. The molecule has 0 aliphatic rings. The Labute approximate surface area is 137 Å². The van der Waals surface area contributed by atoms with Crippen LogP contribution in [0.3, 0.4) is 0 Å². The molecule has 5 heteroatoms. The molecule has 21 heavy (non-hydrogen) atoms. The molecule has 0 aliphatic carbocycles. The van der Waals surface area contributed by atoms with E-state index >= 15 is 0 Å². The van der Waals surface area contributed by atoms with Gasteiger partial charge in [-0.3, -0.25) is 4.57 Å². The van der Waals surface area contributed by atoms with E-state index < -0.39 is 0 Å². The maximum absolute atomic E-state index is 6.35. The van der Waals surface area contributed by atoms with Gasteiger partial charge in [0, 0.05) is 10.7 Å². The Bertz CT molecular complexity index is 824. The Kier molecular flexibility index (Phi) is 3.76. The number of imidazole rings is 1. The largest absolute Gasteiger partial charge is 0.279 e. The second-order valence-corrected chi connectivity index (χ2v) is 6.72. The Morgan fingerprint density at radius 2 is 1.95 bits per heavy atom. The van der Waals surface area contributed by atoms with Crippen LogP contribution in [-0.4, -0.2) is 14.5 Å². The molecular formula is C16H15BrClN3. The molecule has 0 bridgehead atoms. The summed E-state index contributed by atoms with van der Waals surface area (Å²) in [6, 6.07) is 8.14. The van der Waals surface area contributed by atoms with Gasteiger partial charge in [-0.05, 0) is 56.2 Å². The first kappa shape index (κ1) is 14.5. The molecule has 0 fully saturated rings. The number of nitrogens with zero attached hydrogens (tertiary/aromatic N) is 3. The number of alkyl halides is 1. The first-order valence-corrected chi connectivity index (χ1v) is 7.96. The molecular weight excluding hydrogens is 350 g/mol. The molecule has 0 saturated carbocycles. The molecule has 3 aromatic rings. The molecule has 3 nitrogen and oxygen atoms in total. The second-order valence-electron chi connectivity index (χ2n) is 5.15. The number of fused-ring (bicyclic) bond motifs is 1. The van der Waals surface area contributed by atoms with Gasteiger partial charge in [-0.15, -0.1) is 11.6 Å². The van der Waals surface area contributed by atoms with Crippen LogP contribution in [0.25, 0.3) is 16.9 Å². The normalized spacial score (nSPS) is 12.8. The first-order valence-electron chi connectivity index (χ1n) is 6.73. The lowest BCUT2D eigenvalue weighted by molar-refractivity contribution is 0.872. The fourth-order valence-corrected chi connectivity index (χ4v) is 3.11. The van der Waals surface area contributed by atoms with Crippen LogP contribution < -0.4 is 0 Å². The molecule has 0 spiro atoms. The van der Waals surface area contributed by atoms with Crippen LogP contribution in [0.5, 0.6) is 0 Å². The summed E-state index contributed by atoms with van der Waals surface area (Å²) in [5.41, 5.74) is 5.06. The Morgan fingerprint density at radius 3 is 2.62 bits per heavy atom. The van der Waals surface area contributed by atoms with Crippen LogP contribution >= 0.6 is 27.5 Å². The molecule has 0 saturated heterocycles. The van der Waals surface area contributed by atoms with Crippen molar-refractivity contribution in [1.82, 2.24) is 14.5 Å². The first-order chi connectivity index (χ1) is 9.99. The van der Waals surface area contributed by atoms with Gasteiger partial charge in [-0.25, -0.2) is 9.97 Å². The van der Waals surface area contributed by atoms with Gasteiger partial charge in [-0.1, -0.05) is 15.9 Å². The minimum absolute atomic E-state index is 0.193. The van der Waals surface area contributed by atoms with Crippen LogP contribution in [-0.2, 0) is 0 Å². The van der Waals surface area contributed by atoms with E-state index in [4.69, 9.17) is 16.6 Å². The van der Waals surface area contributed by atoms with E-state index in [1.165, 1.54) is 0 Å². The SMILES string of the molecule is Cc1cc(Br)ccc1-n1c(C(C)Cl)nc2c(C)ccnc21. The maximum Gasteiger partial charge on any atom is 0.164 e. The minimum atomic E-state index is -0.193. The van der Waals surface area contributed by atoms with E-state index in [0.29, 0.717) is 0 Å². The highest BCUT2D eigenvalue weighted by Gasteiger charge is 2.19. The summed E-state index contributed by atoms with van der Waals surface area (Å²) in [5, 5.41) is -0.193. The van der Waals surface area contributed by atoms with Crippen LogP contribution in [0.1, 0.15) is 29.3 Å². The van der Waals surface area contributed by atoms with Gasteiger partial charge in [0.25, 0.3) is 0 Å². The zero-order valence-corrected chi connectivity index (χ0v) is 14.4. The van der Waals surface area contributed by atoms with E-state index in [-0.39, 0.29) is 5.38 Å². The standard InChI is InChI=1S/C16H15BrClN3/c1-9-6-7-19-16-14(9)20-15(11(3)18)21(16)13-5-4-12(17)8-10(13)2/h4-8,11H,1-3H3. The average molecular weight is 365 g/mol. The average Bonchev–Trinajstić information content (AvgIpc) is 2.80. The summed E-state index contributed by atoms with van der Waals surface area (Å²) in [5.74, 6) is 0.818. The lowest BCUT2D eigenvalue weighted by Crippen LogP contribution is -2.04. The third kappa shape index (κ3) is 2.47. The monoisotopic (exact) mass is 363 g/mol. The highest BCUT2D eigenvalue weighted by atomic mass is 79.9. The third-order valence-corrected chi connectivity index (χ3v) is 4.22. The number of hydrogen-bond acceptors (Lipinski definition) is 2. The summed E-state index contributed by atoms with van der Waals surface area (Å²) in [6.45, 7) is 6.05. The van der Waals surface area contributed by atoms with Crippen molar-refractivity contribution in [3.05, 3.63) is 51.9 Å². The predicted molar refractivity (Wildman–Crippen MR) is 90.3 cm³/mol. The summed E-state index contributed by atoms with van der Waals surface area (Å²) < 4.78 is 3.11. The van der Waals surface area contributed by atoms with Gasteiger partial charge in [0.2, 0.25) is 0 Å². The van der Waals surface area contributed by atoms with Gasteiger partial charge < -0.3 is 0 Å². The number of hydrogen-bond donors (Lipinski definition) is 0. The van der Waals surface area contributed by atoms with Gasteiger partial charge >= 0.3 is 0 Å². The molecule has 3 rings (SSSR count). The van der Waals surface area contributed by atoms with Gasteiger partial charge in [-0.2, -0.15) is 0 Å². The molecule has 1 aromatic carbocycles. The maximum atomic E-state index is 6.35. The summed E-state index contributed by atoms with van der Waals surface area (Å²) in [6.07, 6.45) is 1.81. The summed E-state index contributed by atoms with van der Waals surface area (Å²) in [7, 11) is 0. The zero-order chi connectivity index (χ0) is 15.1. The molecule has 0 aliphatic heterocycles. The van der Waals surface area contributed by atoms with Crippen molar-refractivity contribution in [2.24, 2.45) is 0 Å². The highest BCUT2D eigenvalue weighted by Crippen LogP contribution is 2.30. The smallest absolute Gasteiger partial charge is 0.164 e. The molecule has 0 radical (unpaired) electrons. The molecule has 2 aromatic heterocycles. The summed E-state index contributed by atoms with van der Waals surface area (Å²) >= 11 is 9.85. The fraction of sp³-hybridized carbons (Fsp3) is 0.250. The zero-order valence-electron chi connectivity index (χ0n) is 12.1. The van der Waals surface area contributed by atoms with E-state index in [2.05, 4.69) is 44.5 Å². The van der Waals surface area contributed by atoms with Gasteiger partial charge in [0.05, 0.1) is 11.1 Å². The number of halogens is 2. The van der Waals surface area contributed by atoms with E-state index in [0.717, 1.165) is 38.3 Å².